The molecule has 2 fully saturated rings. The van der Waals surface area contributed by atoms with Crippen LogP contribution >= 0.6 is 0 Å². The van der Waals surface area contributed by atoms with Crippen LogP contribution in [-0.2, 0) is 17.9 Å². The molecule has 0 bridgehead atoms. The lowest BCUT2D eigenvalue weighted by Gasteiger charge is -2.43. The largest absolute Gasteiger partial charge is 0.329 e. The van der Waals surface area contributed by atoms with Crippen LogP contribution in [0.25, 0.3) is 0 Å². The van der Waals surface area contributed by atoms with Crippen molar-refractivity contribution in [2.45, 2.75) is 51.7 Å². The van der Waals surface area contributed by atoms with Crippen molar-refractivity contribution in [3.05, 3.63) is 83.4 Å². The molecule has 2 atom stereocenters. The van der Waals surface area contributed by atoms with E-state index in [9.17, 15) is 4.79 Å². The van der Waals surface area contributed by atoms with Crippen LogP contribution < -0.4 is 4.90 Å². The second-order valence-corrected chi connectivity index (χ2v) is 9.74. The first-order chi connectivity index (χ1) is 16.5. The summed E-state index contributed by atoms with van der Waals surface area (Å²) >= 11 is 0. The van der Waals surface area contributed by atoms with Crippen LogP contribution in [-0.4, -0.2) is 39.0 Å². The van der Waals surface area contributed by atoms with Gasteiger partial charge in [0.2, 0.25) is 5.91 Å². The number of hydrogen-bond donors (Lipinski definition) is 0. The molecule has 2 aliphatic rings. The van der Waals surface area contributed by atoms with Crippen LogP contribution in [0, 0.1) is 24.2 Å². The predicted octanol–water partition coefficient (Wildman–Crippen LogP) is 4.52. The molecule has 0 N–H and O–H groups in total. The summed E-state index contributed by atoms with van der Waals surface area (Å²) in [6.07, 6.45) is 7.28. The highest BCUT2D eigenvalue weighted by molar-refractivity contribution is 5.96. The fourth-order valence-corrected chi connectivity index (χ4v) is 5.53. The topological polar surface area (TPSA) is 65.2 Å². The number of piperazine rings is 1. The van der Waals surface area contributed by atoms with Crippen LogP contribution in [0.1, 0.15) is 48.6 Å². The molecule has 1 aliphatic carbocycles. The maximum Gasteiger partial charge on any atom is 0.241 e. The normalized spacial score (nSPS) is 22.2. The first-order valence-corrected chi connectivity index (χ1v) is 12.1. The summed E-state index contributed by atoms with van der Waals surface area (Å²) in [6.45, 7) is 6.92. The summed E-state index contributed by atoms with van der Waals surface area (Å²) in [5.74, 6) is 0.784. The molecule has 1 amide bonds. The first-order valence-electron chi connectivity index (χ1n) is 12.1. The molecule has 2 unspecified atom stereocenters. The molecule has 3 aromatic rings. The number of imidazole rings is 1. The standard InChI is InChI=1S/C28H31N5O/c1-3-6-24-13-28(24)19-33(26-8-5-4-7-21(26)2)27(34)18-32(28)17-25-15-30-20-31(25)16-23-11-9-22(14-29)10-12-23/h4-5,7-12,15,20,24H,3,6,13,16-19H2,1-2H3. The van der Waals surface area contributed by atoms with E-state index in [1.165, 1.54) is 6.42 Å². The van der Waals surface area contributed by atoms with Crippen molar-refractivity contribution in [2.75, 3.05) is 18.0 Å². The second-order valence-electron chi connectivity index (χ2n) is 9.74. The number of aryl methyl sites for hydroxylation is 1. The van der Waals surface area contributed by atoms with Crippen molar-refractivity contribution in [1.29, 1.82) is 5.26 Å². The Morgan fingerprint density at radius 2 is 1.94 bits per heavy atom. The number of hydrogen-bond acceptors (Lipinski definition) is 4. The zero-order chi connectivity index (χ0) is 23.7. The van der Waals surface area contributed by atoms with Gasteiger partial charge in [-0.3, -0.25) is 9.69 Å². The fourth-order valence-electron chi connectivity index (χ4n) is 5.53. The molecule has 2 aromatic carbocycles. The monoisotopic (exact) mass is 453 g/mol. The molecular weight excluding hydrogens is 422 g/mol. The van der Waals surface area contributed by atoms with Gasteiger partial charge in [0.1, 0.15) is 0 Å². The SMILES string of the molecule is CCCC1CC12CN(c1ccccc1C)C(=O)CN2Cc1cncn1Cc1ccc(C#N)cc1. The highest BCUT2D eigenvalue weighted by Crippen LogP contribution is 2.54. The van der Waals surface area contributed by atoms with Gasteiger partial charge in [-0.2, -0.15) is 5.26 Å². The third-order valence-corrected chi connectivity index (χ3v) is 7.52. The summed E-state index contributed by atoms with van der Waals surface area (Å²) in [5, 5.41) is 9.05. The average molecular weight is 454 g/mol. The zero-order valence-corrected chi connectivity index (χ0v) is 19.9. The highest BCUT2D eigenvalue weighted by atomic mass is 16.2. The summed E-state index contributed by atoms with van der Waals surface area (Å²) in [5.41, 5.74) is 5.13. The Hall–Kier alpha value is -3.43. The van der Waals surface area contributed by atoms with E-state index in [1.807, 2.05) is 53.8 Å². The van der Waals surface area contributed by atoms with Gasteiger partial charge >= 0.3 is 0 Å². The van der Waals surface area contributed by atoms with Gasteiger partial charge in [-0.1, -0.05) is 43.7 Å². The van der Waals surface area contributed by atoms with E-state index in [0.29, 0.717) is 31.1 Å². The number of carbonyl (C=O) groups is 1. The van der Waals surface area contributed by atoms with Crippen molar-refractivity contribution in [3.8, 4) is 6.07 Å². The molecule has 1 spiro atoms. The minimum absolute atomic E-state index is 0.0374. The molecular formula is C28H31N5O. The summed E-state index contributed by atoms with van der Waals surface area (Å²) < 4.78 is 2.16. The van der Waals surface area contributed by atoms with Gasteiger partial charge in [-0.15, -0.1) is 0 Å². The number of carbonyl (C=O) groups excluding carboxylic acids is 1. The van der Waals surface area contributed by atoms with Crippen LogP contribution in [0.15, 0.2) is 61.1 Å². The van der Waals surface area contributed by atoms with Crippen LogP contribution in [0.4, 0.5) is 5.69 Å². The lowest BCUT2D eigenvalue weighted by molar-refractivity contribution is -0.123. The third kappa shape index (κ3) is 4.12. The van der Waals surface area contributed by atoms with Crippen LogP contribution in [0.5, 0.6) is 0 Å². The van der Waals surface area contributed by atoms with Gasteiger partial charge in [0.05, 0.1) is 30.2 Å². The van der Waals surface area contributed by atoms with Crippen molar-refractivity contribution in [1.82, 2.24) is 14.5 Å². The maximum atomic E-state index is 13.3. The fraction of sp³-hybridized carbons (Fsp3) is 0.393. The molecule has 0 radical (unpaired) electrons. The molecule has 1 saturated heterocycles. The Bertz CT molecular complexity index is 1220. The molecule has 6 nitrogen and oxygen atoms in total. The van der Waals surface area contributed by atoms with Crippen molar-refractivity contribution in [3.63, 3.8) is 0 Å². The minimum Gasteiger partial charge on any atom is -0.329 e. The smallest absolute Gasteiger partial charge is 0.241 e. The van der Waals surface area contributed by atoms with Gasteiger partial charge in [0.25, 0.3) is 0 Å². The lowest BCUT2D eigenvalue weighted by Crippen LogP contribution is -2.58. The Kier molecular flexibility index (Phi) is 5.97. The first kappa shape index (κ1) is 22.4. The molecule has 6 heteroatoms. The Labute approximate surface area is 201 Å². The molecule has 1 saturated carbocycles. The molecule has 5 rings (SSSR count). The Balaban J connectivity index is 1.38. The van der Waals surface area contributed by atoms with Gasteiger partial charge < -0.3 is 9.47 Å². The average Bonchev–Trinajstić information content (AvgIpc) is 3.35. The Morgan fingerprint density at radius 3 is 2.68 bits per heavy atom. The van der Waals surface area contributed by atoms with Crippen molar-refractivity contribution < 1.29 is 4.79 Å². The quantitative estimate of drug-likeness (QED) is 0.528. The molecule has 34 heavy (non-hydrogen) atoms. The van der Waals surface area contributed by atoms with E-state index < -0.39 is 0 Å². The van der Waals surface area contributed by atoms with E-state index in [1.54, 1.807) is 0 Å². The summed E-state index contributed by atoms with van der Waals surface area (Å²) in [6, 6.07) is 18.1. The third-order valence-electron chi connectivity index (χ3n) is 7.52. The van der Waals surface area contributed by atoms with Gasteiger partial charge in [0.15, 0.2) is 0 Å². The number of para-hydroxylation sites is 1. The van der Waals surface area contributed by atoms with E-state index >= 15 is 0 Å². The second kappa shape index (κ2) is 9.08. The van der Waals surface area contributed by atoms with Crippen molar-refractivity contribution >= 4 is 11.6 Å². The Morgan fingerprint density at radius 1 is 1.15 bits per heavy atom. The molecule has 2 heterocycles. The summed E-state index contributed by atoms with van der Waals surface area (Å²) in [7, 11) is 0. The summed E-state index contributed by atoms with van der Waals surface area (Å²) in [4.78, 5) is 22.2. The predicted molar refractivity (Wildman–Crippen MR) is 132 cm³/mol. The van der Waals surface area contributed by atoms with E-state index in [4.69, 9.17) is 5.26 Å². The van der Waals surface area contributed by atoms with E-state index in [0.717, 1.165) is 41.9 Å². The molecule has 1 aliphatic heterocycles. The zero-order valence-electron chi connectivity index (χ0n) is 19.9. The van der Waals surface area contributed by atoms with Gasteiger partial charge in [0, 0.05) is 37.1 Å². The minimum atomic E-state index is 0.0374. The van der Waals surface area contributed by atoms with Crippen molar-refractivity contribution in [2.24, 2.45) is 5.92 Å². The number of nitriles is 1. The maximum absolute atomic E-state index is 13.3. The number of amides is 1. The number of rotatable bonds is 7. The molecule has 174 valence electrons. The van der Waals surface area contributed by atoms with Gasteiger partial charge in [-0.25, -0.2) is 4.98 Å². The number of benzene rings is 2. The van der Waals surface area contributed by atoms with Crippen LogP contribution in [0.2, 0.25) is 0 Å². The molecule has 1 aromatic heterocycles. The lowest BCUT2D eigenvalue weighted by atomic mass is 10.0. The van der Waals surface area contributed by atoms with Crippen LogP contribution in [0.3, 0.4) is 0 Å². The van der Waals surface area contributed by atoms with E-state index in [-0.39, 0.29) is 11.4 Å². The highest BCUT2D eigenvalue weighted by Gasteiger charge is 2.61. The number of anilines is 1. The number of nitrogens with zero attached hydrogens (tertiary/aromatic N) is 5. The van der Waals surface area contributed by atoms with E-state index in [2.05, 4.69) is 46.5 Å². The number of aromatic nitrogens is 2. The van der Waals surface area contributed by atoms with Gasteiger partial charge in [-0.05, 0) is 55.0 Å².